The molecular weight excluding hydrogens is 867 g/mol. The zero-order valence-electron chi connectivity index (χ0n) is 38.2. The molecule has 4 aromatic heterocycles. The molecule has 0 aliphatic heterocycles. The molecule has 6 heteroatoms. The van der Waals surface area contributed by atoms with E-state index in [0.717, 1.165) is 121 Å². The van der Waals surface area contributed by atoms with E-state index in [1.54, 1.807) is 0 Å². The standard InChI is InChI=1S/C65H39N5O/c1-3-17-40(18-4-1)42-22-15-23-45(35-42)63-66-64(52-30-16-29-50-48-27-11-13-31-56(48)69(61(50)52)46-24-5-2-6-25-46)68-65(67-63)55-38-54-51-34-33-41-19-9-10-26-47(41)62(51)71-60(54)39-59(55)70-57-32-14-12-28-49(57)53-36-43-20-7-8-21-44(43)37-58(53)70/h1-39H. The maximum atomic E-state index is 6.99. The van der Waals surface area contributed by atoms with E-state index in [-0.39, 0.29) is 0 Å². The van der Waals surface area contributed by atoms with Crippen molar-refractivity contribution in [2.75, 3.05) is 0 Å². The van der Waals surface area contributed by atoms with Gasteiger partial charge in [-0.15, -0.1) is 0 Å². The lowest BCUT2D eigenvalue weighted by Crippen LogP contribution is -2.05. The van der Waals surface area contributed by atoms with Crippen LogP contribution in [0, 0.1) is 0 Å². The first-order valence-electron chi connectivity index (χ1n) is 24.0. The molecule has 330 valence electrons. The van der Waals surface area contributed by atoms with Crippen LogP contribution in [0.3, 0.4) is 0 Å². The van der Waals surface area contributed by atoms with Crippen LogP contribution in [0.1, 0.15) is 0 Å². The van der Waals surface area contributed by atoms with Gasteiger partial charge in [0.25, 0.3) is 0 Å². The zero-order valence-corrected chi connectivity index (χ0v) is 38.2. The zero-order chi connectivity index (χ0) is 46.6. The second-order valence-corrected chi connectivity index (χ2v) is 18.3. The van der Waals surface area contributed by atoms with Crippen LogP contribution in [0.2, 0.25) is 0 Å². The summed E-state index contributed by atoms with van der Waals surface area (Å²) in [4.78, 5) is 16.7. The molecule has 0 N–H and O–H groups in total. The lowest BCUT2D eigenvalue weighted by atomic mass is 10.0. The van der Waals surface area contributed by atoms with Crippen LogP contribution in [0.15, 0.2) is 241 Å². The van der Waals surface area contributed by atoms with Crippen LogP contribution in [-0.4, -0.2) is 24.1 Å². The van der Waals surface area contributed by atoms with Crippen LogP contribution in [0.25, 0.3) is 144 Å². The fraction of sp³-hybridized carbons (Fsp3) is 0. The molecule has 0 fully saturated rings. The van der Waals surface area contributed by atoms with Gasteiger partial charge in [-0.05, 0) is 87.9 Å². The van der Waals surface area contributed by atoms with Gasteiger partial charge in [-0.2, -0.15) is 0 Å². The Balaban J connectivity index is 1.08. The summed E-state index contributed by atoms with van der Waals surface area (Å²) in [5, 5.41) is 11.1. The summed E-state index contributed by atoms with van der Waals surface area (Å²) < 4.78 is 11.7. The minimum Gasteiger partial charge on any atom is -0.455 e. The number of benzene rings is 11. The minimum absolute atomic E-state index is 0.549. The van der Waals surface area contributed by atoms with E-state index < -0.39 is 0 Å². The maximum absolute atomic E-state index is 6.99. The molecule has 15 aromatic rings. The molecule has 0 aliphatic rings. The number of furan rings is 1. The highest BCUT2D eigenvalue weighted by Gasteiger charge is 2.25. The van der Waals surface area contributed by atoms with E-state index in [2.05, 4.69) is 240 Å². The van der Waals surface area contributed by atoms with Crippen LogP contribution in [0.4, 0.5) is 0 Å². The molecule has 71 heavy (non-hydrogen) atoms. The van der Waals surface area contributed by atoms with Crippen LogP contribution in [-0.2, 0) is 0 Å². The van der Waals surface area contributed by atoms with Gasteiger partial charge in [-0.25, -0.2) is 15.0 Å². The molecule has 0 spiro atoms. The number of aromatic nitrogens is 5. The summed E-state index contributed by atoms with van der Waals surface area (Å²) in [7, 11) is 0. The Labute approximate surface area is 407 Å². The summed E-state index contributed by atoms with van der Waals surface area (Å²) in [5.74, 6) is 1.70. The molecule has 0 saturated carbocycles. The highest BCUT2D eigenvalue weighted by atomic mass is 16.3. The molecule has 0 amide bonds. The largest absolute Gasteiger partial charge is 0.455 e. The van der Waals surface area contributed by atoms with Crippen LogP contribution in [0.5, 0.6) is 0 Å². The summed E-state index contributed by atoms with van der Waals surface area (Å²) in [6, 6.07) is 83.8. The van der Waals surface area contributed by atoms with E-state index in [4.69, 9.17) is 19.4 Å². The topological polar surface area (TPSA) is 61.7 Å². The van der Waals surface area contributed by atoms with Gasteiger partial charge in [-0.3, -0.25) is 0 Å². The number of hydrogen-bond acceptors (Lipinski definition) is 4. The number of nitrogens with zero attached hydrogens (tertiary/aromatic N) is 5. The van der Waals surface area contributed by atoms with Crippen molar-refractivity contribution in [3.63, 3.8) is 0 Å². The fourth-order valence-electron chi connectivity index (χ4n) is 11.1. The summed E-state index contributed by atoms with van der Waals surface area (Å²) in [5.41, 5.74) is 12.7. The lowest BCUT2D eigenvalue weighted by Gasteiger charge is -2.16. The van der Waals surface area contributed by atoms with Crippen molar-refractivity contribution in [2.45, 2.75) is 0 Å². The SMILES string of the molecule is c1ccc(-c2cccc(-c3nc(-c4cc5c(cc4-n4c6ccccc6c6cc7ccccc7cc64)oc4c6ccccc6ccc54)nc(-c4cccc5c6ccccc6n(-c6ccccc6)c45)n3)c2)cc1. The van der Waals surface area contributed by atoms with E-state index in [9.17, 15) is 0 Å². The number of hydrogen-bond donors (Lipinski definition) is 0. The average molecular weight is 906 g/mol. The quantitative estimate of drug-likeness (QED) is 0.167. The Hall–Kier alpha value is -9.65. The summed E-state index contributed by atoms with van der Waals surface area (Å²) in [6.45, 7) is 0. The van der Waals surface area contributed by atoms with Gasteiger partial charge in [0.1, 0.15) is 11.2 Å². The predicted molar refractivity (Wildman–Crippen MR) is 293 cm³/mol. The summed E-state index contributed by atoms with van der Waals surface area (Å²) in [6.07, 6.45) is 0. The monoisotopic (exact) mass is 905 g/mol. The highest BCUT2D eigenvalue weighted by Crippen LogP contribution is 2.44. The van der Waals surface area contributed by atoms with E-state index in [1.165, 1.54) is 5.39 Å². The molecule has 11 aromatic carbocycles. The molecule has 0 unspecified atom stereocenters. The smallest absolute Gasteiger partial charge is 0.166 e. The third-order valence-corrected chi connectivity index (χ3v) is 14.3. The molecule has 0 aliphatic carbocycles. The third-order valence-electron chi connectivity index (χ3n) is 14.3. The first-order chi connectivity index (χ1) is 35.2. The van der Waals surface area contributed by atoms with E-state index in [0.29, 0.717) is 17.5 Å². The van der Waals surface area contributed by atoms with Crippen molar-refractivity contribution in [3.8, 4) is 56.7 Å². The highest BCUT2D eigenvalue weighted by molar-refractivity contribution is 6.18. The Bertz CT molecular complexity index is 4640. The number of rotatable bonds is 6. The van der Waals surface area contributed by atoms with Gasteiger partial charge in [0.05, 0.1) is 27.8 Å². The molecule has 0 radical (unpaired) electrons. The van der Waals surface area contributed by atoms with Crippen molar-refractivity contribution < 1.29 is 4.42 Å². The fourth-order valence-corrected chi connectivity index (χ4v) is 11.1. The summed E-state index contributed by atoms with van der Waals surface area (Å²) >= 11 is 0. The Morgan fingerprint density at radius 2 is 0.901 bits per heavy atom. The molecule has 15 rings (SSSR count). The average Bonchev–Trinajstić information content (AvgIpc) is 4.10. The number of fused-ring (bicyclic) bond motifs is 12. The van der Waals surface area contributed by atoms with Crippen molar-refractivity contribution in [2.24, 2.45) is 0 Å². The van der Waals surface area contributed by atoms with Crippen molar-refractivity contribution in [3.05, 3.63) is 237 Å². The second kappa shape index (κ2) is 15.4. The van der Waals surface area contributed by atoms with Gasteiger partial charge in [0.2, 0.25) is 0 Å². The van der Waals surface area contributed by atoms with Gasteiger partial charge in [-0.1, -0.05) is 170 Å². The Kier molecular flexibility index (Phi) is 8.56. The Morgan fingerprint density at radius 1 is 0.310 bits per heavy atom. The predicted octanol–water partition coefficient (Wildman–Crippen LogP) is 16.9. The number of para-hydroxylation sites is 4. The van der Waals surface area contributed by atoms with E-state index in [1.807, 2.05) is 6.07 Å². The molecule has 0 atom stereocenters. The van der Waals surface area contributed by atoms with E-state index >= 15 is 0 Å². The van der Waals surface area contributed by atoms with Gasteiger partial charge >= 0.3 is 0 Å². The van der Waals surface area contributed by atoms with Crippen molar-refractivity contribution in [1.82, 2.24) is 24.1 Å². The van der Waals surface area contributed by atoms with Gasteiger partial charge < -0.3 is 13.6 Å². The lowest BCUT2D eigenvalue weighted by molar-refractivity contribution is 0.672. The van der Waals surface area contributed by atoms with Gasteiger partial charge in [0.15, 0.2) is 17.5 Å². The molecule has 4 heterocycles. The minimum atomic E-state index is 0.549. The first kappa shape index (κ1) is 39.4. The molecule has 0 bridgehead atoms. The van der Waals surface area contributed by atoms with Crippen LogP contribution >= 0.6 is 0 Å². The van der Waals surface area contributed by atoms with Crippen molar-refractivity contribution in [1.29, 1.82) is 0 Å². The van der Waals surface area contributed by atoms with Gasteiger partial charge in [0, 0.05) is 66.1 Å². The molecule has 0 saturated heterocycles. The first-order valence-corrected chi connectivity index (χ1v) is 24.0. The Morgan fingerprint density at radius 3 is 1.70 bits per heavy atom. The normalized spacial score (nSPS) is 11.9. The molecular formula is C65H39N5O. The van der Waals surface area contributed by atoms with Crippen LogP contribution < -0.4 is 0 Å². The maximum Gasteiger partial charge on any atom is 0.166 e. The molecule has 6 nitrogen and oxygen atoms in total. The third kappa shape index (κ3) is 6.11. The second-order valence-electron chi connectivity index (χ2n) is 18.3. The van der Waals surface area contributed by atoms with Crippen molar-refractivity contribution >= 4 is 87.1 Å².